The molecule has 0 heterocycles. The number of carboxylic acids is 1. The number of hydrogen-bond acceptors (Lipinski definition) is 3. The predicted octanol–water partition coefficient (Wildman–Crippen LogP) is 12.3. The van der Waals surface area contributed by atoms with E-state index in [1.165, 1.54) is 148 Å². The van der Waals surface area contributed by atoms with Gasteiger partial charge in [0.05, 0.1) is 6.42 Å². The van der Waals surface area contributed by atoms with Crippen molar-refractivity contribution in [3.63, 3.8) is 0 Å². The number of allylic oxidation sites excluding steroid dienone is 2. The van der Waals surface area contributed by atoms with Crippen molar-refractivity contribution < 1.29 is 19.4 Å². The predicted molar refractivity (Wildman–Crippen MR) is 177 cm³/mol. The van der Waals surface area contributed by atoms with Gasteiger partial charge in [-0.05, 0) is 44.9 Å². The average molecular weight is 579 g/mol. The Hall–Kier alpha value is -1.32. The molecule has 1 N–H and O–H groups in total. The fourth-order valence-electron chi connectivity index (χ4n) is 5.55. The average Bonchev–Trinajstić information content (AvgIpc) is 2.95. The number of esters is 1. The van der Waals surface area contributed by atoms with Gasteiger partial charge in [0.2, 0.25) is 0 Å². The van der Waals surface area contributed by atoms with Crippen LogP contribution in [0.25, 0.3) is 0 Å². The van der Waals surface area contributed by atoms with Crippen LogP contribution >= 0.6 is 0 Å². The Morgan fingerprint density at radius 3 is 1.32 bits per heavy atom. The molecule has 0 aromatic rings. The van der Waals surface area contributed by atoms with E-state index in [0.717, 1.165) is 25.7 Å². The second-order valence-electron chi connectivity index (χ2n) is 12.4. The van der Waals surface area contributed by atoms with Gasteiger partial charge in [-0.3, -0.25) is 9.59 Å². The molecule has 0 spiro atoms. The van der Waals surface area contributed by atoms with Crippen molar-refractivity contribution in [1.82, 2.24) is 0 Å². The Labute approximate surface area is 255 Å². The first-order valence-electron chi connectivity index (χ1n) is 18.2. The van der Waals surface area contributed by atoms with E-state index in [-0.39, 0.29) is 12.4 Å². The van der Waals surface area contributed by atoms with E-state index >= 15 is 0 Å². The molecule has 0 aliphatic carbocycles. The minimum Gasteiger partial charge on any atom is -0.481 e. The van der Waals surface area contributed by atoms with Gasteiger partial charge in [0, 0.05) is 6.42 Å². The summed E-state index contributed by atoms with van der Waals surface area (Å²) in [6.45, 7) is 4.50. The molecule has 4 heteroatoms. The highest BCUT2D eigenvalue weighted by Gasteiger charge is 2.17. The van der Waals surface area contributed by atoms with Gasteiger partial charge in [-0.2, -0.15) is 0 Å². The first kappa shape index (κ1) is 39.7. The van der Waals surface area contributed by atoms with Crippen LogP contribution in [-0.4, -0.2) is 23.1 Å². The highest BCUT2D eigenvalue weighted by molar-refractivity contribution is 5.71. The van der Waals surface area contributed by atoms with Crippen LogP contribution in [0.2, 0.25) is 0 Å². The zero-order valence-corrected chi connectivity index (χ0v) is 27.6. The van der Waals surface area contributed by atoms with E-state index in [4.69, 9.17) is 4.74 Å². The maximum Gasteiger partial charge on any atom is 0.307 e. The van der Waals surface area contributed by atoms with Gasteiger partial charge in [-0.25, -0.2) is 0 Å². The highest BCUT2D eigenvalue weighted by atomic mass is 16.5. The molecule has 0 amide bonds. The van der Waals surface area contributed by atoms with Gasteiger partial charge in [-0.1, -0.05) is 161 Å². The number of unbranched alkanes of at least 4 members (excludes halogenated alkanes) is 24. The summed E-state index contributed by atoms with van der Waals surface area (Å²) in [4.78, 5) is 23.4. The lowest BCUT2D eigenvalue weighted by molar-refractivity contribution is -0.153. The number of carboxylic acid groups (broad SMARTS) is 1. The zero-order valence-electron chi connectivity index (χ0n) is 27.6. The summed E-state index contributed by atoms with van der Waals surface area (Å²) >= 11 is 0. The molecule has 0 saturated carbocycles. The molecular formula is C37H70O4. The molecule has 0 rings (SSSR count). The first-order chi connectivity index (χ1) is 20.1. The summed E-state index contributed by atoms with van der Waals surface area (Å²) in [5, 5.41) is 9.18. The molecule has 4 nitrogen and oxygen atoms in total. The van der Waals surface area contributed by atoms with E-state index in [1.807, 2.05) is 0 Å². The van der Waals surface area contributed by atoms with Crippen LogP contribution in [0.3, 0.4) is 0 Å². The van der Waals surface area contributed by atoms with E-state index in [0.29, 0.717) is 12.8 Å². The molecule has 0 aromatic heterocycles. The van der Waals surface area contributed by atoms with E-state index < -0.39 is 12.1 Å². The number of carbonyl (C=O) groups is 2. The maximum absolute atomic E-state index is 12.3. The van der Waals surface area contributed by atoms with Crippen LogP contribution in [0.1, 0.15) is 206 Å². The van der Waals surface area contributed by atoms with Crippen molar-refractivity contribution in [3.8, 4) is 0 Å². The van der Waals surface area contributed by atoms with Gasteiger partial charge in [-0.15, -0.1) is 0 Å². The number of hydrogen-bond donors (Lipinski definition) is 1. The molecule has 0 radical (unpaired) electrons. The lowest BCUT2D eigenvalue weighted by Crippen LogP contribution is -2.21. The Kier molecular flexibility index (Phi) is 32.1. The van der Waals surface area contributed by atoms with Crippen LogP contribution in [0.4, 0.5) is 0 Å². The quantitative estimate of drug-likeness (QED) is 0.0478. The molecule has 0 bridgehead atoms. The minimum absolute atomic E-state index is 0.0708. The number of ether oxygens (including phenoxy) is 1. The third-order valence-corrected chi connectivity index (χ3v) is 8.22. The largest absolute Gasteiger partial charge is 0.481 e. The second-order valence-corrected chi connectivity index (χ2v) is 12.4. The van der Waals surface area contributed by atoms with E-state index in [1.54, 1.807) is 0 Å². The minimum atomic E-state index is -0.881. The Morgan fingerprint density at radius 1 is 0.537 bits per heavy atom. The summed E-state index contributed by atoms with van der Waals surface area (Å²) in [6.07, 6.45) is 39.6. The number of carbonyl (C=O) groups excluding carboxylic acids is 1. The highest BCUT2D eigenvalue weighted by Crippen LogP contribution is 2.16. The molecule has 0 saturated heterocycles. The maximum atomic E-state index is 12.3. The molecule has 0 aliphatic heterocycles. The molecular weight excluding hydrogens is 508 g/mol. The van der Waals surface area contributed by atoms with Crippen molar-refractivity contribution >= 4 is 11.9 Å². The zero-order chi connectivity index (χ0) is 30.1. The van der Waals surface area contributed by atoms with Crippen LogP contribution in [0.15, 0.2) is 12.2 Å². The molecule has 41 heavy (non-hydrogen) atoms. The Balaban J connectivity index is 3.54. The van der Waals surface area contributed by atoms with Gasteiger partial charge >= 0.3 is 11.9 Å². The van der Waals surface area contributed by atoms with E-state index in [9.17, 15) is 14.7 Å². The van der Waals surface area contributed by atoms with Crippen molar-refractivity contribution in [3.05, 3.63) is 12.2 Å². The van der Waals surface area contributed by atoms with E-state index in [2.05, 4.69) is 26.0 Å². The molecule has 0 aromatic carbocycles. The fraction of sp³-hybridized carbons (Fsp3) is 0.892. The van der Waals surface area contributed by atoms with Crippen LogP contribution in [0, 0.1) is 0 Å². The Morgan fingerprint density at radius 2 is 0.902 bits per heavy atom. The molecule has 1 unspecified atom stereocenters. The monoisotopic (exact) mass is 579 g/mol. The topological polar surface area (TPSA) is 63.6 Å². The van der Waals surface area contributed by atoms with Gasteiger partial charge in [0.1, 0.15) is 6.10 Å². The molecule has 0 aliphatic rings. The fourth-order valence-corrected chi connectivity index (χ4v) is 5.55. The summed E-state index contributed by atoms with van der Waals surface area (Å²) in [7, 11) is 0. The lowest BCUT2D eigenvalue weighted by Gasteiger charge is -2.16. The molecule has 0 fully saturated rings. The van der Waals surface area contributed by atoms with Crippen LogP contribution < -0.4 is 0 Å². The molecule has 1 atom stereocenters. The number of aliphatic carboxylic acids is 1. The SMILES string of the molecule is CCCCCCCC/C=C\CCCCCCCCCCCCCC(=O)OC(CCCCCCCCCC)CC(=O)O. The normalized spacial score (nSPS) is 12.2. The lowest BCUT2D eigenvalue weighted by atomic mass is 10.0. The third-order valence-electron chi connectivity index (χ3n) is 8.22. The smallest absolute Gasteiger partial charge is 0.307 e. The van der Waals surface area contributed by atoms with Gasteiger partial charge in [0.15, 0.2) is 0 Å². The van der Waals surface area contributed by atoms with Crippen molar-refractivity contribution in [2.45, 2.75) is 213 Å². The second kappa shape index (κ2) is 33.2. The molecule has 242 valence electrons. The van der Waals surface area contributed by atoms with Crippen molar-refractivity contribution in [2.75, 3.05) is 0 Å². The van der Waals surface area contributed by atoms with Crippen molar-refractivity contribution in [1.29, 1.82) is 0 Å². The summed E-state index contributed by atoms with van der Waals surface area (Å²) in [6, 6.07) is 0. The summed E-state index contributed by atoms with van der Waals surface area (Å²) in [5.41, 5.74) is 0. The van der Waals surface area contributed by atoms with Crippen LogP contribution in [-0.2, 0) is 14.3 Å². The first-order valence-corrected chi connectivity index (χ1v) is 18.2. The Bertz CT molecular complexity index is 585. The summed E-state index contributed by atoms with van der Waals surface area (Å²) < 4.78 is 5.54. The number of rotatable bonds is 33. The summed E-state index contributed by atoms with van der Waals surface area (Å²) in [5.74, 6) is -1.10. The van der Waals surface area contributed by atoms with Crippen molar-refractivity contribution in [2.24, 2.45) is 0 Å². The standard InChI is InChI=1S/C37H70O4/c1-3-5-7-9-11-13-14-15-16-17-18-19-20-21-22-23-24-25-27-29-31-33-37(40)41-35(34-36(38)39)32-30-28-26-12-10-8-6-4-2/h15-16,35H,3-14,17-34H2,1-2H3,(H,38,39)/b16-15-. The third kappa shape index (κ3) is 33.1. The van der Waals surface area contributed by atoms with Gasteiger partial charge in [0.25, 0.3) is 0 Å². The van der Waals surface area contributed by atoms with Crippen LogP contribution in [0.5, 0.6) is 0 Å². The van der Waals surface area contributed by atoms with Gasteiger partial charge < -0.3 is 9.84 Å².